The van der Waals surface area contributed by atoms with Gasteiger partial charge in [0.1, 0.15) is 0 Å². The van der Waals surface area contributed by atoms with Gasteiger partial charge in [-0.1, -0.05) is 115 Å². The molecule has 0 radical (unpaired) electrons. The highest BCUT2D eigenvalue weighted by Crippen LogP contribution is 2.42. The van der Waals surface area contributed by atoms with Crippen LogP contribution in [0.15, 0.2) is 152 Å². The highest BCUT2D eigenvalue weighted by atomic mass is 32.1. The lowest BCUT2D eigenvalue weighted by atomic mass is 9.97. The molecule has 4 heteroatoms. The van der Waals surface area contributed by atoms with Crippen molar-refractivity contribution in [2.45, 2.75) is 0 Å². The number of hydrogen-bond acceptors (Lipinski definition) is 4. The van der Waals surface area contributed by atoms with Gasteiger partial charge in [-0.15, -0.1) is 11.3 Å². The largest absolute Gasteiger partial charge is 0.256 e. The fourth-order valence-electron chi connectivity index (χ4n) is 5.71. The quantitative estimate of drug-likeness (QED) is 0.208. The average molecular weight is 568 g/mol. The third-order valence-corrected chi connectivity index (χ3v) is 8.92. The molecule has 0 spiro atoms. The molecule has 0 fully saturated rings. The van der Waals surface area contributed by atoms with Crippen LogP contribution in [0.5, 0.6) is 0 Å². The zero-order chi connectivity index (χ0) is 28.6. The van der Waals surface area contributed by atoms with Crippen LogP contribution in [-0.2, 0) is 0 Å². The smallest absolute Gasteiger partial charge is 0.160 e. The van der Waals surface area contributed by atoms with Gasteiger partial charge in [-0.05, 0) is 41.5 Å². The summed E-state index contributed by atoms with van der Waals surface area (Å²) in [7, 11) is 0. The standard InChI is InChI=1S/C39H25N3S/c1-3-11-26(12-4-1)27-20-22-28(23-21-27)33-25-34(42-39(41-33)29-13-5-2-6-14-29)30-17-10-24-40-38(30)32-16-9-19-36-37(32)31-15-7-8-18-35(31)43-36/h1-25H. The van der Waals surface area contributed by atoms with Gasteiger partial charge in [0.05, 0.1) is 17.1 Å². The zero-order valence-corrected chi connectivity index (χ0v) is 24.0. The van der Waals surface area contributed by atoms with E-state index in [1.807, 2.05) is 47.9 Å². The normalized spacial score (nSPS) is 11.3. The molecule has 0 atom stereocenters. The monoisotopic (exact) mass is 567 g/mol. The number of rotatable bonds is 5. The van der Waals surface area contributed by atoms with E-state index < -0.39 is 0 Å². The van der Waals surface area contributed by atoms with Crippen molar-refractivity contribution in [1.82, 2.24) is 15.0 Å². The van der Waals surface area contributed by atoms with Crippen LogP contribution in [0.2, 0.25) is 0 Å². The SMILES string of the molecule is c1ccc(-c2ccc(-c3cc(-c4cccnc4-c4cccc5sc6ccccc6c45)nc(-c4ccccc4)n3)cc2)cc1. The van der Waals surface area contributed by atoms with E-state index in [2.05, 4.69) is 115 Å². The van der Waals surface area contributed by atoms with E-state index in [4.69, 9.17) is 15.0 Å². The lowest BCUT2D eigenvalue weighted by Gasteiger charge is -2.13. The molecule has 0 aliphatic carbocycles. The molecule has 0 amide bonds. The van der Waals surface area contributed by atoms with E-state index in [0.717, 1.165) is 39.3 Å². The van der Waals surface area contributed by atoms with Gasteiger partial charge in [0.2, 0.25) is 0 Å². The van der Waals surface area contributed by atoms with Crippen LogP contribution < -0.4 is 0 Å². The van der Waals surface area contributed by atoms with Gasteiger partial charge >= 0.3 is 0 Å². The molecule has 5 aromatic carbocycles. The maximum atomic E-state index is 5.13. The molecule has 0 aliphatic rings. The summed E-state index contributed by atoms with van der Waals surface area (Å²) < 4.78 is 2.53. The van der Waals surface area contributed by atoms with Gasteiger partial charge in [-0.3, -0.25) is 4.98 Å². The zero-order valence-electron chi connectivity index (χ0n) is 23.2. The summed E-state index contributed by atoms with van der Waals surface area (Å²) in [6, 6.07) is 50.5. The van der Waals surface area contributed by atoms with Crippen molar-refractivity contribution in [3.05, 3.63) is 152 Å². The molecule has 202 valence electrons. The molecular formula is C39H25N3S. The van der Waals surface area contributed by atoms with Gasteiger partial charge in [0, 0.05) is 48.6 Å². The van der Waals surface area contributed by atoms with E-state index in [0.29, 0.717) is 5.82 Å². The number of fused-ring (bicyclic) bond motifs is 3. The second-order valence-electron chi connectivity index (χ2n) is 10.4. The lowest BCUT2D eigenvalue weighted by Crippen LogP contribution is -1.98. The predicted molar refractivity (Wildman–Crippen MR) is 180 cm³/mol. The Morgan fingerprint density at radius 2 is 1.07 bits per heavy atom. The third-order valence-electron chi connectivity index (χ3n) is 7.79. The van der Waals surface area contributed by atoms with Crippen molar-refractivity contribution in [3.63, 3.8) is 0 Å². The van der Waals surface area contributed by atoms with Crippen molar-refractivity contribution in [3.8, 4) is 56.3 Å². The molecule has 0 aliphatic heterocycles. The number of benzene rings is 5. The maximum Gasteiger partial charge on any atom is 0.160 e. The molecule has 8 rings (SSSR count). The molecule has 0 unspecified atom stereocenters. The molecule has 3 aromatic heterocycles. The van der Waals surface area contributed by atoms with E-state index in [-0.39, 0.29) is 0 Å². The summed E-state index contributed by atoms with van der Waals surface area (Å²) in [4.78, 5) is 15.1. The Kier molecular flexibility index (Phi) is 6.32. The first-order valence-electron chi connectivity index (χ1n) is 14.3. The van der Waals surface area contributed by atoms with Crippen LogP contribution in [0.1, 0.15) is 0 Å². The van der Waals surface area contributed by atoms with Gasteiger partial charge in [-0.25, -0.2) is 9.97 Å². The number of aromatic nitrogens is 3. The van der Waals surface area contributed by atoms with Crippen LogP contribution in [0.3, 0.4) is 0 Å². The Bertz CT molecular complexity index is 2220. The summed E-state index contributed by atoms with van der Waals surface area (Å²) in [5, 5.41) is 2.48. The Labute approximate surface area is 253 Å². The Morgan fingerprint density at radius 3 is 1.88 bits per heavy atom. The van der Waals surface area contributed by atoms with E-state index in [9.17, 15) is 0 Å². The van der Waals surface area contributed by atoms with Crippen LogP contribution in [0, 0.1) is 0 Å². The lowest BCUT2D eigenvalue weighted by molar-refractivity contribution is 1.18. The van der Waals surface area contributed by atoms with Crippen LogP contribution in [-0.4, -0.2) is 15.0 Å². The molecular weight excluding hydrogens is 543 g/mol. The second kappa shape index (κ2) is 10.8. The van der Waals surface area contributed by atoms with Gasteiger partial charge in [-0.2, -0.15) is 0 Å². The molecule has 0 bridgehead atoms. The minimum atomic E-state index is 0.689. The maximum absolute atomic E-state index is 5.13. The number of hydrogen-bond donors (Lipinski definition) is 0. The van der Waals surface area contributed by atoms with Crippen molar-refractivity contribution in [2.75, 3.05) is 0 Å². The summed E-state index contributed by atoms with van der Waals surface area (Å²) in [5.74, 6) is 0.689. The third kappa shape index (κ3) is 4.68. The first-order valence-corrected chi connectivity index (χ1v) is 15.1. The molecule has 0 saturated carbocycles. The summed E-state index contributed by atoms with van der Waals surface area (Å²) in [6.07, 6.45) is 1.87. The van der Waals surface area contributed by atoms with Crippen molar-refractivity contribution >= 4 is 31.5 Å². The molecule has 0 N–H and O–H groups in total. The minimum absolute atomic E-state index is 0.689. The number of nitrogens with zero attached hydrogens (tertiary/aromatic N) is 3. The van der Waals surface area contributed by atoms with Gasteiger partial charge in [0.25, 0.3) is 0 Å². The van der Waals surface area contributed by atoms with E-state index in [1.165, 1.54) is 31.3 Å². The fourth-order valence-corrected chi connectivity index (χ4v) is 6.84. The molecule has 0 saturated heterocycles. The first kappa shape index (κ1) is 25.3. The summed E-state index contributed by atoms with van der Waals surface area (Å²) >= 11 is 1.82. The minimum Gasteiger partial charge on any atom is -0.256 e. The van der Waals surface area contributed by atoms with E-state index >= 15 is 0 Å². The molecule has 8 aromatic rings. The van der Waals surface area contributed by atoms with E-state index in [1.54, 1.807) is 0 Å². The predicted octanol–water partition coefficient (Wildman–Crippen LogP) is 10.6. The topological polar surface area (TPSA) is 38.7 Å². The van der Waals surface area contributed by atoms with Crippen molar-refractivity contribution < 1.29 is 0 Å². The number of thiophene rings is 1. The molecule has 3 nitrogen and oxygen atoms in total. The summed E-state index contributed by atoms with van der Waals surface area (Å²) in [6.45, 7) is 0. The van der Waals surface area contributed by atoms with Gasteiger partial charge < -0.3 is 0 Å². The Hall–Kier alpha value is -5.45. The number of pyridine rings is 1. The van der Waals surface area contributed by atoms with Crippen LogP contribution in [0.25, 0.3) is 76.5 Å². The first-order chi connectivity index (χ1) is 21.3. The Balaban J connectivity index is 1.32. The molecule has 3 heterocycles. The van der Waals surface area contributed by atoms with Crippen LogP contribution in [0.4, 0.5) is 0 Å². The highest BCUT2D eigenvalue weighted by molar-refractivity contribution is 7.25. The van der Waals surface area contributed by atoms with Crippen molar-refractivity contribution in [2.24, 2.45) is 0 Å². The van der Waals surface area contributed by atoms with Crippen LogP contribution >= 0.6 is 11.3 Å². The molecule has 43 heavy (non-hydrogen) atoms. The van der Waals surface area contributed by atoms with Gasteiger partial charge in [0.15, 0.2) is 5.82 Å². The second-order valence-corrected chi connectivity index (χ2v) is 11.5. The fraction of sp³-hybridized carbons (Fsp3) is 0. The highest BCUT2D eigenvalue weighted by Gasteiger charge is 2.18. The Morgan fingerprint density at radius 1 is 0.442 bits per heavy atom. The average Bonchev–Trinajstić information content (AvgIpc) is 3.48. The van der Waals surface area contributed by atoms with Crippen molar-refractivity contribution in [1.29, 1.82) is 0 Å². The summed E-state index contributed by atoms with van der Waals surface area (Å²) in [5.41, 5.74) is 9.10.